The van der Waals surface area contributed by atoms with Gasteiger partial charge in [0.05, 0.1) is 17.2 Å². The predicted octanol–water partition coefficient (Wildman–Crippen LogP) is 1.66. The molecule has 4 heteroatoms. The Kier molecular flexibility index (Phi) is 3.48. The first-order chi connectivity index (χ1) is 8.56. The number of rotatable bonds is 4. The molecule has 0 aromatic heterocycles. The fourth-order valence-electron chi connectivity index (χ4n) is 2.39. The smallest absolute Gasteiger partial charge is 0.261 e. The van der Waals surface area contributed by atoms with Crippen molar-refractivity contribution >= 4 is 11.8 Å². The van der Waals surface area contributed by atoms with Gasteiger partial charge in [-0.15, -0.1) is 0 Å². The minimum Gasteiger partial charge on any atom is -0.328 e. The number of carbonyl (C=O) groups is 2. The fourth-order valence-corrected chi connectivity index (χ4v) is 2.39. The van der Waals surface area contributed by atoms with Gasteiger partial charge in [0.2, 0.25) is 0 Å². The lowest BCUT2D eigenvalue weighted by Crippen LogP contribution is -2.44. The Labute approximate surface area is 107 Å². The summed E-state index contributed by atoms with van der Waals surface area (Å²) in [6.45, 7) is 4.42. The number of benzene rings is 1. The molecule has 0 aliphatic carbocycles. The van der Waals surface area contributed by atoms with E-state index in [1.54, 1.807) is 24.3 Å². The average molecular weight is 246 g/mol. The predicted molar refractivity (Wildman–Crippen MR) is 69.2 cm³/mol. The van der Waals surface area contributed by atoms with E-state index in [1.807, 2.05) is 0 Å². The summed E-state index contributed by atoms with van der Waals surface area (Å²) in [5.41, 5.74) is 6.70. The van der Waals surface area contributed by atoms with E-state index in [0.29, 0.717) is 23.6 Å². The van der Waals surface area contributed by atoms with E-state index in [-0.39, 0.29) is 17.9 Å². The minimum absolute atomic E-state index is 0.211. The van der Waals surface area contributed by atoms with Gasteiger partial charge in [-0.3, -0.25) is 14.5 Å². The lowest BCUT2D eigenvalue weighted by atomic mass is 10.0. The molecule has 2 amide bonds. The van der Waals surface area contributed by atoms with Crippen LogP contribution in [0.2, 0.25) is 0 Å². The first-order valence-electron chi connectivity index (χ1n) is 6.23. The van der Waals surface area contributed by atoms with Crippen LogP contribution in [0.25, 0.3) is 0 Å². The Morgan fingerprint density at radius 3 is 2.00 bits per heavy atom. The zero-order valence-corrected chi connectivity index (χ0v) is 10.7. The van der Waals surface area contributed by atoms with E-state index in [4.69, 9.17) is 5.73 Å². The second-order valence-electron chi connectivity index (χ2n) is 5.04. The van der Waals surface area contributed by atoms with Gasteiger partial charge < -0.3 is 5.73 Å². The zero-order valence-electron chi connectivity index (χ0n) is 10.7. The standard InChI is InChI=1S/C14H18N2O2/c1-9(2)7-10(8-15)16-13(17)11-5-3-4-6-12(11)14(16)18/h3-6,9-10H,7-8,15H2,1-2H3. The topological polar surface area (TPSA) is 63.4 Å². The van der Waals surface area contributed by atoms with Gasteiger partial charge in [0.1, 0.15) is 0 Å². The summed E-state index contributed by atoms with van der Waals surface area (Å²) < 4.78 is 0. The van der Waals surface area contributed by atoms with Gasteiger partial charge in [0, 0.05) is 6.54 Å². The lowest BCUT2D eigenvalue weighted by Gasteiger charge is -2.26. The van der Waals surface area contributed by atoms with E-state index in [2.05, 4.69) is 13.8 Å². The summed E-state index contributed by atoms with van der Waals surface area (Å²) >= 11 is 0. The Morgan fingerprint density at radius 1 is 1.11 bits per heavy atom. The monoisotopic (exact) mass is 246 g/mol. The van der Waals surface area contributed by atoms with Crippen molar-refractivity contribution in [1.29, 1.82) is 0 Å². The molecule has 2 rings (SSSR count). The van der Waals surface area contributed by atoms with Gasteiger partial charge >= 0.3 is 0 Å². The van der Waals surface area contributed by atoms with E-state index in [0.717, 1.165) is 6.42 Å². The SMILES string of the molecule is CC(C)CC(CN)N1C(=O)c2ccccc2C1=O. The first-order valence-corrected chi connectivity index (χ1v) is 6.23. The molecule has 0 saturated heterocycles. The Morgan fingerprint density at radius 2 is 1.61 bits per heavy atom. The van der Waals surface area contributed by atoms with Crippen molar-refractivity contribution in [2.75, 3.05) is 6.54 Å². The highest BCUT2D eigenvalue weighted by Crippen LogP contribution is 2.26. The Hall–Kier alpha value is -1.68. The van der Waals surface area contributed by atoms with Crippen LogP contribution in [0.1, 0.15) is 41.0 Å². The van der Waals surface area contributed by atoms with Crippen molar-refractivity contribution < 1.29 is 9.59 Å². The third kappa shape index (κ3) is 2.04. The van der Waals surface area contributed by atoms with Crippen LogP contribution in [0.3, 0.4) is 0 Å². The third-order valence-electron chi connectivity index (χ3n) is 3.21. The molecule has 0 saturated carbocycles. The first kappa shape index (κ1) is 12.8. The molecule has 1 atom stereocenters. The van der Waals surface area contributed by atoms with Gasteiger partial charge in [-0.25, -0.2) is 0 Å². The van der Waals surface area contributed by atoms with E-state index >= 15 is 0 Å². The summed E-state index contributed by atoms with van der Waals surface area (Å²) in [7, 11) is 0. The number of hydrogen-bond donors (Lipinski definition) is 1. The van der Waals surface area contributed by atoms with Crippen molar-refractivity contribution in [2.24, 2.45) is 11.7 Å². The number of amides is 2. The van der Waals surface area contributed by atoms with E-state index in [9.17, 15) is 9.59 Å². The summed E-state index contributed by atoms with van der Waals surface area (Å²) in [5, 5.41) is 0. The highest BCUT2D eigenvalue weighted by molar-refractivity contribution is 6.21. The maximum Gasteiger partial charge on any atom is 0.261 e. The lowest BCUT2D eigenvalue weighted by molar-refractivity contribution is 0.0572. The molecular weight excluding hydrogens is 228 g/mol. The van der Waals surface area contributed by atoms with Crippen LogP contribution in [0.15, 0.2) is 24.3 Å². The summed E-state index contributed by atoms with van der Waals surface area (Å²) in [6, 6.07) is 6.72. The second-order valence-corrected chi connectivity index (χ2v) is 5.04. The van der Waals surface area contributed by atoms with E-state index in [1.165, 1.54) is 4.90 Å². The van der Waals surface area contributed by atoms with Crippen LogP contribution in [0.4, 0.5) is 0 Å². The van der Waals surface area contributed by atoms with Gasteiger partial charge in [-0.1, -0.05) is 26.0 Å². The van der Waals surface area contributed by atoms with Crippen LogP contribution in [-0.2, 0) is 0 Å². The molecule has 1 heterocycles. The van der Waals surface area contributed by atoms with Crippen molar-refractivity contribution in [1.82, 2.24) is 4.90 Å². The number of fused-ring (bicyclic) bond motifs is 1. The molecule has 1 aromatic carbocycles. The summed E-state index contributed by atoms with van der Waals surface area (Å²) in [5.74, 6) is -0.0405. The highest BCUT2D eigenvalue weighted by atomic mass is 16.2. The molecule has 1 aromatic rings. The minimum atomic E-state index is -0.216. The largest absolute Gasteiger partial charge is 0.328 e. The second kappa shape index (κ2) is 4.90. The van der Waals surface area contributed by atoms with Gasteiger partial charge in [-0.05, 0) is 24.5 Å². The number of carbonyl (C=O) groups excluding carboxylic acids is 2. The molecule has 1 aliphatic heterocycles. The zero-order chi connectivity index (χ0) is 13.3. The average Bonchev–Trinajstić information content (AvgIpc) is 2.60. The van der Waals surface area contributed by atoms with Crippen molar-refractivity contribution in [2.45, 2.75) is 26.3 Å². The van der Waals surface area contributed by atoms with Gasteiger partial charge in [0.15, 0.2) is 0 Å². The Balaban J connectivity index is 2.32. The van der Waals surface area contributed by atoms with Crippen molar-refractivity contribution in [3.8, 4) is 0 Å². The van der Waals surface area contributed by atoms with Crippen LogP contribution in [0.5, 0.6) is 0 Å². The van der Waals surface area contributed by atoms with Crippen LogP contribution < -0.4 is 5.73 Å². The van der Waals surface area contributed by atoms with Crippen molar-refractivity contribution in [3.63, 3.8) is 0 Å². The number of nitrogens with zero attached hydrogens (tertiary/aromatic N) is 1. The van der Waals surface area contributed by atoms with Gasteiger partial charge in [0.25, 0.3) is 11.8 Å². The molecule has 18 heavy (non-hydrogen) atoms. The van der Waals surface area contributed by atoms with E-state index < -0.39 is 0 Å². The van der Waals surface area contributed by atoms with Gasteiger partial charge in [-0.2, -0.15) is 0 Å². The quantitative estimate of drug-likeness (QED) is 0.822. The summed E-state index contributed by atoms with van der Waals surface area (Å²) in [4.78, 5) is 25.8. The molecule has 1 unspecified atom stereocenters. The number of hydrogen-bond acceptors (Lipinski definition) is 3. The fraction of sp³-hybridized carbons (Fsp3) is 0.429. The summed E-state index contributed by atoms with van der Waals surface area (Å²) in [6.07, 6.45) is 0.738. The van der Waals surface area contributed by atoms with Crippen LogP contribution in [-0.4, -0.2) is 29.3 Å². The molecule has 2 N–H and O–H groups in total. The number of nitrogens with two attached hydrogens (primary N) is 1. The molecule has 0 spiro atoms. The molecule has 0 bridgehead atoms. The molecule has 1 aliphatic rings. The number of imide groups is 1. The van der Waals surface area contributed by atoms with Crippen molar-refractivity contribution in [3.05, 3.63) is 35.4 Å². The van der Waals surface area contributed by atoms with Crippen LogP contribution in [0, 0.1) is 5.92 Å². The molecular formula is C14H18N2O2. The normalized spacial score (nSPS) is 16.3. The third-order valence-corrected chi connectivity index (χ3v) is 3.21. The van der Waals surface area contributed by atoms with Crippen LogP contribution >= 0.6 is 0 Å². The maximum atomic E-state index is 12.2. The molecule has 0 radical (unpaired) electrons. The Bertz CT molecular complexity index is 447. The highest BCUT2D eigenvalue weighted by Gasteiger charge is 2.39. The molecule has 0 fully saturated rings. The molecule has 4 nitrogen and oxygen atoms in total. The molecule has 96 valence electrons. The maximum absolute atomic E-state index is 12.2.